The van der Waals surface area contributed by atoms with E-state index in [0.29, 0.717) is 31.7 Å². The van der Waals surface area contributed by atoms with Gasteiger partial charge in [0.1, 0.15) is 6.07 Å². The number of nitriles is 1. The zero-order valence-electron chi connectivity index (χ0n) is 14.8. The SMILES string of the molecule is N#Cc1cc([N+](=O)[O-])ccc1NCC1CC(=O)N(CCc2ccccc2)C1. The predicted molar refractivity (Wildman–Crippen MR) is 101 cm³/mol. The van der Waals surface area contributed by atoms with Crippen LogP contribution in [-0.2, 0) is 11.2 Å². The van der Waals surface area contributed by atoms with Crippen molar-refractivity contribution in [3.05, 3.63) is 69.8 Å². The van der Waals surface area contributed by atoms with E-state index in [4.69, 9.17) is 0 Å². The third kappa shape index (κ3) is 4.61. The summed E-state index contributed by atoms with van der Waals surface area (Å²) in [6, 6.07) is 16.2. The van der Waals surface area contributed by atoms with Crippen LogP contribution in [0.5, 0.6) is 0 Å². The van der Waals surface area contributed by atoms with Crippen LogP contribution in [0.2, 0.25) is 0 Å². The van der Waals surface area contributed by atoms with Crippen LogP contribution >= 0.6 is 0 Å². The molecule has 1 atom stereocenters. The second-order valence-electron chi connectivity index (χ2n) is 6.63. The number of benzene rings is 2. The minimum Gasteiger partial charge on any atom is -0.384 e. The number of likely N-dealkylation sites (tertiary alicyclic amines) is 1. The molecule has 1 unspecified atom stereocenters. The first-order chi connectivity index (χ1) is 13.1. The second kappa shape index (κ2) is 8.32. The topological polar surface area (TPSA) is 99.3 Å². The van der Waals surface area contributed by atoms with Crippen LogP contribution in [0.1, 0.15) is 17.5 Å². The Hall–Kier alpha value is -3.40. The molecule has 2 aromatic rings. The summed E-state index contributed by atoms with van der Waals surface area (Å²) >= 11 is 0. The number of hydrogen-bond acceptors (Lipinski definition) is 5. The number of nitro groups is 1. The lowest BCUT2D eigenvalue weighted by molar-refractivity contribution is -0.384. The van der Waals surface area contributed by atoms with Crippen molar-refractivity contribution in [2.75, 3.05) is 25.0 Å². The third-order valence-corrected chi connectivity index (χ3v) is 4.72. The van der Waals surface area contributed by atoms with Crippen LogP contribution in [-0.4, -0.2) is 35.4 Å². The van der Waals surface area contributed by atoms with Crippen molar-refractivity contribution in [3.63, 3.8) is 0 Å². The predicted octanol–water partition coefficient (Wildman–Crippen LogP) is 2.97. The number of carbonyl (C=O) groups excluding carboxylic acids is 1. The van der Waals surface area contributed by atoms with E-state index in [1.807, 2.05) is 29.2 Å². The Balaban J connectivity index is 1.54. The minimum atomic E-state index is -0.523. The molecule has 1 heterocycles. The van der Waals surface area contributed by atoms with E-state index < -0.39 is 4.92 Å². The number of nitrogens with zero attached hydrogens (tertiary/aromatic N) is 3. The molecule has 0 aromatic heterocycles. The smallest absolute Gasteiger partial charge is 0.270 e. The van der Waals surface area contributed by atoms with Gasteiger partial charge < -0.3 is 10.2 Å². The number of amides is 1. The van der Waals surface area contributed by atoms with Gasteiger partial charge in [0.25, 0.3) is 5.69 Å². The molecular formula is C20H20N4O3. The van der Waals surface area contributed by atoms with Gasteiger partial charge in [0.2, 0.25) is 5.91 Å². The Morgan fingerprint density at radius 2 is 2.04 bits per heavy atom. The zero-order valence-corrected chi connectivity index (χ0v) is 14.8. The first-order valence-electron chi connectivity index (χ1n) is 8.81. The average molecular weight is 364 g/mol. The molecule has 1 aliphatic rings. The zero-order chi connectivity index (χ0) is 19.2. The molecule has 27 heavy (non-hydrogen) atoms. The summed E-state index contributed by atoms with van der Waals surface area (Å²) in [5.74, 6) is 0.289. The van der Waals surface area contributed by atoms with Gasteiger partial charge in [-0.3, -0.25) is 14.9 Å². The maximum absolute atomic E-state index is 12.2. The molecule has 0 spiro atoms. The molecule has 0 aliphatic carbocycles. The molecule has 0 bridgehead atoms. The summed E-state index contributed by atoms with van der Waals surface area (Å²) in [6.45, 7) is 1.91. The highest BCUT2D eigenvalue weighted by Gasteiger charge is 2.29. The standard InChI is InChI=1S/C20H20N4O3/c21-12-17-11-18(24(26)27)6-7-19(17)22-13-16-10-20(25)23(14-16)9-8-15-4-2-1-3-5-15/h1-7,11,16,22H,8-10,13-14H2. The van der Waals surface area contributed by atoms with Crippen molar-refractivity contribution < 1.29 is 9.72 Å². The lowest BCUT2D eigenvalue weighted by Crippen LogP contribution is -2.28. The van der Waals surface area contributed by atoms with Crippen LogP contribution in [0.3, 0.4) is 0 Å². The monoisotopic (exact) mass is 364 g/mol. The van der Waals surface area contributed by atoms with Gasteiger partial charge in [0, 0.05) is 44.1 Å². The highest BCUT2D eigenvalue weighted by Crippen LogP contribution is 2.24. The Kier molecular flexibility index (Phi) is 5.67. The quantitative estimate of drug-likeness (QED) is 0.601. The van der Waals surface area contributed by atoms with Gasteiger partial charge >= 0.3 is 0 Å². The average Bonchev–Trinajstić information content (AvgIpc) is 3.05. The molecule has 1 N–H and O–H groups in total. The molecule has 2 aromatic carbocycles. The molecule has 7 nitrogen and oxygen atoms in total. The normalized spacial score (nSPS) is 16.2. The van der Waals surface area contributed by atoms with E-state index in [9.17, 15) is 20.2 Å². The van der Waals surface area contributed by atoms with Crippen molar-refractivity contribution in [1.82, 2.24) is 4.90 Å². The molecule has 0 radical (unpaired) electrons. The van der Waals surface area contributed by atoms with Crippen LogP contribution in [0, 0.1) is 27.4 Å². The molecule has 1 fully saturated rings. The number of hydrogen-bond donors (Lipinski definition) is 1. The number of nitro benzene ring substituents is 1. The second-order valence-corrected chi connectivity index (χ2v) is 6.63. The van der Waals surface area contributed by atoms with Gasteiger partial charge in [-0.15, -0.1) is 0 Å². The van der Waals surface area contributed by atoms with E-state index in [-0.39, 0.29) is 23.1 Å². The fourth-order valence-corrected chi connectivity index (χ4v) is 3.26. The molecular weight excluding hydrogens is 344 g/mol. The van der Waals surface area contributed by atoms with E-state index in [2.05, 4.69) is 17.4 Å². The summed E-state index contributed by atoms with van der Waals surface area (Å²) in [6.07, 6.45) is 1.30. The van der Waals surface area contributed by atoms with Crippen molar-refractivity contribution >= 4 is 17.3 Å². The van der Waals surface area contributed by atoms with E-state index in [0.717, 1.165) is 6.42 Å². The van der Waals surface area contributed by atoms with Crippen molar-refractivity contribution in [3.8, 4) is 6.07 Å². The van der Waals surface area contributed by atoms with E-state index in [1.54, 1.807) is 6.07 Å². The number of nitrogens with one attached hydrogen (secondary N) is 1. The van der Waals surface area contributed by atoms with E-state index >= 15 is 0 Å². The van der Waals surface area contributed by atoms with Gasteiger partial charge in [-0.25, -0.2) is 0 Å². The number of non-ortho nitro benzene ring substituents is 1. The maximum atomic E-state index is 12.2. The van der Waals surface area contributed by atoms with Gasteiger partial charge in [-0.05, 0) is 18.1 Å². The van der Waals surface area contributed by atoms with Gasteiger partial charge in [0.15, 0.2) is 0 Å². The van der Waals surface area contributed by atoms with Crippen molar-refractivity contribution in [2.45, 2.75) is 12.8 Å². The summed E-state index contributed by atoms with van der Waals surface area (Å²) in [7, 11) is 0. The largest absolute Gasteiger partial charge is 0.384 e. The first kappa shape index (κ1) is 18.4. The van der Waals surface area contributed by atoms with E-state index in [1.165, 1.54) is 17.7 Å². The lowest BCUT2D eigenvalue weighted by Gasteiger charge is -2.17. The van der Waals surface area contributed by atoms with Gasteiger partial charge in [0.05, 0.1) is 16.2 Å². The fraction of sp³-hybridized carbons (Fsp3) is 0.300. The molecule has 138 valence electrons. The number of anilines is 1. The van der Waals surface area contributed by atoms with Crippen LogP contribution in [0.15, 0.2) is 48.5 Å². The van der Waals surface area contributed by atoms with Crippen LogP contribution in [0.25, 0.3) is 0 Å². The van der Waals surface area contributed by atoms with Crippen LogP contribution in [0.4, 0.5) is 11.4 Å². The fourth-order valence-electron chi connectivity index (χ4n) is 3.26. The summed E-state index contributed by atoms with van der Waals surface area (Å²) in [5.41, 5.74) is 1.88. The summed E-state index contributed by atoms with van der Waals surface area (Å²) < 4.78 is 0. The third-order valence-electron chi connectivity index (χ3n) is 4.72. The minimum absolute atomic E-state index is 0.111. The molecule has 1 aliphatic heterocycles. The first-order valence-corrected chi connectivity index (χ1v) is 8.81. The molecule has 3 rings (SSSR count). The van der Waals surface area contributed by atoms with Gasteiger partial charge in [-0.2, -0.15) is 5.26 Å². The molecule has 0 saturated carbocycles. The summed E-state index contributed by atoms with van der Waals surface area (Å²) in [4.78, 5) is 24.4. The molecule has 7 heteroatoms. The Labute approximate surface area is 157 Å². The molecule has 1 amide bonds. The van der Waals surface area contributed by atoms with Crippen LogP contribution < -0.4 is 5.32 Å². The Morgan fingerprint density at radius 1 is 1.26 bits per heavy atom. The number of rotatable bonds is 7. The Morgan fingerprint density at radius 3 is 2.74 bits per heavy atom. The van der Waals surface area contributed by atoms with Crippen molar-refractivity contribution in [1.29, 1.82) is 5.26 Å². The highest BCUT2D eigenvalue weighted by atomic mass is 16.6. The van der Waals surface area contributed by atoms with Gasteiger partial charge in [-0.1, -0.05) is 30.3 Å². The Bertz CT molecular complexity index is 877. The highest BCUT2D eigenvalue weighted by molar-refractivity contribution is 5.78. The number of carbonyl (C=O) groups is 1. The maximum Gasteiger partial charge on any atom is 0.270 e. The molecule has 1 saturated heterocycles. The lowest BCUT2D eigenvalue weighted by atomic mass is 10.1. The summed E-state index contributed by atoms with van der Waals surface area (Å²) in [5, 5.41) is 23.2. The van der Waals surface area contributed by atoms with Crippen molar-refractivity contribution in [2.24, 2.45) is 5.92 Å².